The van der Waals surface area contributed by atoms with Crippen LogP contribution in [0.25, 0.3) is 11.4 Å². The van der Waals surface area contributed by atoms with Crippen LogP contribution in [0.2, 0.25) is 10.0 Å². The molecule has 0 bridgehead atoms. The minimum atomic E-state index is -0.267. The van der Waals surface area contributed by atoms with Crippen molar-refractivity contribution >= 4 is 63.2 Å². The highest BCUT2D eigenvalue weighted by Crippen LogP contribution is 2.30. The van der Waals surface area contributed by atoms with Gasteiger partial charge in [-0.05, 0) is 25.1 Å². The standard InChI is InChI=1S/C20H20Cl2N6O2S2/c1-5-8-28-17(12-6-7-13(21)14(22)9-12)25-26-20(28)31-10-15(29)24-19-23-11(2)16(32-19)18(30)27(3)4/h5-7,9H,1,8,10H2,2-4H3,(H,23,24,29). The van der Waals surface area contributed by atoms with E-state index in [1.54, 1.807) is 45.3 Å². The van der Waals surface area contributed by atoms with Gasteiger partial charge < -0.3 is 10.2 Å². The number of aromatic nitrogens is 4. The summed E-state index contributed by atoms with van der Waals surface area (Å²) in [6.45, 7) is 5.97. The maximum absolute atomic E-state index is 12.5. The van der Waals surface area contributed by atoms with Crippen LogP contribution in [-0.4, -0.2) is 56.3 Å². The van der Waals surface area contributed by atoms with Crippen LogP contribution in [0.1, 0.15) is 15.4 Å². The SMILES string of the molecule is C=CCn1c(SCC(=O)Nc2nc(C)c(C(=O)N(C)C)s2)nnc1-c1ccc(Cl)c(Cl)c1. The number of allylic oxidation sites excluding steroid dienone is 1. The van der Waals surface area contributed by atoms with E-state index in [0.29, 0.717) is 43.3 Å². The second kappa shape index (κ2) is 10.5. The van der Waals surface area contributed by atoms with Crippen LogP contribution >= 0.6 is 46.3 Å². The van der Waals surface area contributed by atoms with Crippen molar-refractivity contribution in [3.8, 4) is 11.4 Å². The van der Waals surface area contributed by atoms with Crippen molar-refractivity contribution in [3.63, 3.8) is 0 Å². The first-order valence-electron chi connectivity index (χ1n) is 9.32. The van der Waals surface area contributed by atoms with Crippen LogP contribution in [0.3, 0.4) is 0 Å². The number of benzene rings is 1. The lowest BCUT2D eigenvalue weighted by molar-refractivity contribution is -0.113. The average molecular weight is 511 g/mol. The van der Waals surface area contributed by atoms with E-state index in [4.69, 9.17) is 23.2 Å². The number of carbonyl (C=O) groups excluding carboxylic acids is 2. The normalized spacial score (nSPS) is 10.8. The number of hydrogen-bond acceptors (Lipinski definition) is 7. The third-order valence-corrected chi connectivity index (χ3v) is 6.95. The Kier molecular flexibility index (Phi) is 7.94. The van der Waals surface area contributed by atoms with Crippen molar-refractivity contribution in [1.82, 2.24) is 24.6 Å². The number of hydrogen-bond donors (Lipinski definition) is 1. The Morgan fingerprint density at radius 1 is 1.28 bits per heavy atom. The van der Waals surface area contributed by atoms with Gasteiger partial charge in [0.05, 0.1) is 21.5 Å². The molecule has 0 unspecified atom stereocenters. The summed E-state index contributed by atoms with van der Waals surface area (Å²) in [6, 6.07) is 5.21. The quantitative estimate of drug-likeness (QED) is 0.350. The zero-order chi connectivity index (χ0) is 23.4. The van der Waals surface area contributed by atoms with Crippen molar-refractivity contribution in [2.75, 3.05) is 25.2 Å². The Labute approximate surface area is 203 Å². The Morgan fingerprint density at radius 3 is 2.69 bits per heavy atom. The van der Waals surface area contributed by atoms with E-state index in [0.717, 1.165) is 16.9 Å². The van der Waals surface area contributed by atoms with Gasteiger partial charge in [0.2, 0.25) is 5.91 Å². The van der Waals surface area contributed by atoms with E-state index in [2.05, 4.69) is 27.1 Å². The largest absolute Gasteiger partial charge is 0.344 e. The second-order valence-corrected chi connectivity index (χ2v) is 9.56. The molecule has 1 aromatic carbocycles. The predicted octanol–water partition coefficient (Wildman–Crippen LogP) is 4.64. The first kappa shape index (κ1) is 24.2. The molecular formula is C20H20Cl2N6O2S2. The molecule has 8 nitrogen and oxygen atoms in total. The predicted molar refractivity (Wildman–Crippen MR) is 130 cm³/mol. The van der Waals surface area contributed by atoms with E-state index in [1.165, 1.54) is 16.7 Å². The molecule has 0 saturated carbocycles. The fourth-order valence-corrected chi connectivity index (χ4v) is 4.72. The van der Waals surface area contributed by atoms with Gasteiger partial charge in [-0.3, -0.25) is 14.2 Å². The van der Waals surface area contributed by atoms with Gasteiger partial charge in [-0.15, -0.1) is 16.8 Å². The summed E-state index contributed by atoms with van der Waals surface area (Å²) >= 11 is 14.5. The zero-order valence-electron chi connectivity index (χ0n) is 17.6. The molecule has 0 fully saturated rings. The van der Waals surface area contributed by atoms with Gasteiger partial charge in [0.25, 0.3) is 5.91 Å². The summed E-state index contributed by atoms with van der Waals surface area (Å²) in [5.41, 5.74) is 1.33. The maximum atomic E-state index is 12.5. The molecule has 0 aliphatic carbocycles. The van der Waals surface area contributed by atoms with Crippen LogP contribution in [0.15, 0.2) is 36.0 Å². The molecule has 2 amide bonds. The van der Waals surface area contributed by atoms with Crippen molar-refractivity contribution in [1.29, 1.82) is 0 Å². The zero-order valence-corrected chi connectivity index (χ0v) is 20.7. The highest BCUT2D eigenvalue weighted by Gasteiger charge is 2.19. The van der Waals surface area contributed by atoms with Crippen LogP contribution in [-0.2, 0) is 11.3 Å². The van der Waals surface area contributed by atoms with E-state index < -0.39 is 0 Å². The monoisotopic (exact) mass is 510 g/mol. The van der Waals surface area contributed by atoms with Crippen molar-refractivity contribution in [2.24, 2.45) is 0 Å². The number of thiazole rings is 1. The minimum absolute atomic E-state index is 0.0895. The molecule has 32 heavy (non-hydrogen) atoms. The minimum Gasteiger partial charge on any atom is -0.344 e. The molecule has 0 aliphatic heterocycles. The molecule has 3 aromatic rings. The number of amides is 2. The second-order valence-electron chi connectivity index (χ2n) is 6.80. The molecule has 0 radical (unpaired) electrons. The first-order valence-corrected chi connectivity index (χ1v) is 11.9. The van der Waals surface area contributed by atoms with Gasteiger partial charge in [0.1, 0.15) is 4.88 Å². The topological polar surface area (TPSA) is 93.0 Å². The Balaban J connectivity index is 1.71. The van der Waals surface area contributed by atoms with Crippen LogP contribution in [0.4, 0.5) is 5.13 Å². The van der Waals surface area contributed by atoms with Gasteiger partial charge in [-0.2, -0.15) is 0 Å². The molecule has 0 spiro atoms. The van der Waals surface area contributed by atoms with E-state index in [1.807, 2.05) is 4.57 Å². The number of anilines is 1. The molecule has 2 aromatic heterocycles. The first-order chi connectivity index (χ1) is 15.2. The van der Waals surface area contributed by atoms with Crippen molar-refractivity contribution in [3.05, 3.63) is 51.5 Å². The van der Waals surface area contributed by atoms with Crippen molar-refractivity contribution < 1.29 is 9.59 Å². The highest BCUT2D eigenvalue weighted by molar-refractivity contribution is 7.99. The molecule has 1 N–H and O–H groups in total. The molecular weight excluding hydrogens is 491 g/mol. The Hall–Kier alpha value is -2.40. The maximum Gasteiger partial charge on any atom is 0.265 e. The fraction of sp³-hybridized carbons (Fsp3) is 0.250. The van der Waals surface area contributed by atoms with Gasteiger partial charge in [0, 0.05) is 26.2 Å². The molecule has 12 heteroatoms. The number of nitrogens with one attached hydrogen (secondary N) is 1. The summed E-state index contributed by atoms with van der Waals surface area (Å²) in [4.78, 5) is 30.9. The Bertz CT molecular complexity index is 1180. The van der Waals surface area contributed by atoms with Crippen molar-refractivity contribution in [2.45, 2.75) is 18.6 Å². The lowest BCUT2D eigenvalue weighted by atomic mass is 10.2. The van der Waals surface area contributed by atoms with Gasteiger partial charge in [0.15, 0.2) is 16.1 Å². The summed E-state index contributed by atoms with van der Waals surface area (Å²) < 4.78 is 1.84. The summed E-state index contributed by atoms with van der Waals surface area (Å²) in [5.74, 6) is 0.263. The third-order valence-electron chi connectivity index (χ3n) is 4.18. The van der Waals surface area contributed by atoms with E-state index >= 15 is 0 Å². The molecule has 168 valence electrons. The van der Waals surface area contributed by atoms with Gasteiger partial charge in [-0.1, -0.05) is 52.4 Å². The highest BCUT2D eigenvalue weighted by atomic mass is 35.5. The van der Waals surface area contributed by atoms with Gasteiger partial charge in [-0.25, -0.2) is 4.98 Å². The number of rotatable bonds is 8. The van der Waals surface area contributed by atoms with Crippen LogP contribution in [0.5, 0.6) is 0 Å². The smallest absolute Gasteiger partial charge is 0.265 e. The summed E-state index contributed by atoms with van der Waals surface area (Å²) in [6.07, 6.45) is 1.72. The number of halogens is 2. The molecule has 0 atom stereocenters. The Morgan fingerprint density at radius 2 is 2.03 bits per heavy atom. The summed E-state index contributed by atoms with van der Waals surface area (Å²) in [5, 5.41) is 13.0. The number of aryl methyl sites for hydroxylation is 1. The number of thioether (sulfide) groups is 1. The molecule has 0 saturated heterocycles. The van der Waals surface area contributed by atoms with E-state index in [-0.39, 0.29) is 17.6 Å². The van der Waals surface area contributed by atoms with Gasteiger partial charge >= 0.3 is 0 Å². The summed E-state index contributed by atoms with van der Waals surface area (Å²) in [7, 11) is 3.34. The molecule has 0 aliphatic rings. The molecule has 2 heterocycles. The molecule has 3 rings (SSSR count). The third kappa shape index (κ3) is 5.50. The number of carbonyl (C=O) groups is 2. The van der Waals surface area contributed by atoms with Crippen LogP contribution < -0.4 is 5.32 Å². The fourth-order valence-electron chi connectivity index (χ4n) is 2.67. The lowest BCUT2D eigenvalue weighted by Gasteiger charge is -2.08. The number of nitrogens with zero attached hydrogens (tertiary/aromatic N) is 5. The van der Waals surface area contributed by atoms with E-state index in [9.17, 15) is 9.59 Å². The van der Waals surface area contributed by atoms with Crippen LogP contribution in [0, 0.1) is 6.92 Å². The lowest BCUT2D eigenvalue weighted by Crippen LogP contribution is -2.21. The average Bonchev–Trinajstić information content (AvgIpc) is 3.31.